The van der Waals surface area contributed by atoms with Crippen molar-refractivity contribution < 1.29 is 13.4 Å². The van der Waals surface area contributed by atoms with Gasteiger partial charge in [-0.2, -0.15) is 0 Å². The zero-order valence-corrected chi connectivity index (χ0v) is 39.7. The molecule has 0 heterocycles. The molecule has 0 spiro atoms. The molecule has 0 aromatic heterocycles. The molecule has 0 atom stereocenters. The summed E-state index contributed by atoms with van der Waals surface area (Å²) in [5.74, 6) is 0. The number of rotatable bonds is 40. The summed E-state index contributed by atoms with van der Waals surface area (Å²) in [6.45, 7) is 14.3. The van der Waals surface area contributed by atoms with E-state index < -0.39 is 0 Å². The minimum atomic E-state index is 1.10. The Morgan fingerprint density at radius 1 is 0.255 bits per heavy atom. The van der Waals surface area contributed by atoms with Crippen LogP contribution in [0.3, 0.4) is 0 Å². The Hall–Kier alpha value is -0.900. The first-order valence-corrected chi connectivity index (χ1v) is 25.0. The van der Waals surface area contributed by atoms with Gasteiger partial charge in [-0.1, -0.05) is 181 Å². The molecule has 0 saturated carbocycles. The lowest BCUT2D eigenvalue weighted by Crippen LogP contribution is -2.41. The molecule has 0 fully saturated rings. The molecule has 0 aliphatic carbocycles. The summed E-state index contributed by atoms with van der Waals surface area (Å²) >= 11 is 0. The number of nitrogens with zero attached hydrogens (tertiary/aromatic N) is 3. The lowest BCUT2D eigenvalue weighted by molar-refractivity contribution is -0.905. The van der Waals surface area contributed by atoms with Crippen LogP contribution < -0.4 is 0 Å². The van der Waals surface area contributed by atoms with Crippen molar-refractivity contribution in [1.29, 1.82) is 0 Å². The molecule has 324 valence electrons. The van der Waals surface area contributed by atoms with Gasteiger partial charge in [0.25, 0.3) is 0 Å². The van der Waals surface area contributed by atoms with Crippen LogP contribution in [0.25, 0.3) is 0 Å². The summed E-state index contributed by atoms with van der Waals surface area (Å²) in [7, 11) is 14.9. The van der Waals surface area contributed by atoms with Crippen LogP contribution in [-0.4, -0.2) is 75.4 Å². The molecule has 3 nitrogen and oxygen atoms in total. The molecule has 1 aromatic carbocycles. The van der Waals surface area contributed by atoms with E-state index in [0.29, 0.717) is 0 Å². The van der Waals surface area contributed by atoms with Gasteiger partial charge in [0.2, 0.25) is 0 Å². The summed E-state index contributed by atoms with van der Waals surface area (Å²) in [4.78, 5) is 0. The highest BCUT2D eigenvalue weighted by Gasteiger charge is 2.22. The van der Waals surface area contributed by atoms with Gasteiger partial charge in [0, 0.05) is 16.7 Å². The van der Waals surface area contributed by atoms with Crippen molar-refractivity contribution in [3.05, 3.63) is 34.9 Å². The third kappa shape index (κ3) is 31.7. The van der Waals surface area contributed by atoms with E-state index in [1.54, 1.807) is 16.7 Å². The summed E-state index contributed by atoms with van der Waals surface area (Å²) in [5.41, 5.74) is 4.70. The van der Waals surface area contributed by atoms with E-state index in [-0.39, 0.29) is 0 Å². The highest BCUT2D eigenvalue weighted by molar-refractivity contribution is 5.29. The maximum Gasteiger partial charge on any atom is 0.104 e. The maximum atomic E-state index is 2.60. The normalized spacial score (nSPS) is 12.6. The summed E-state index contributed by atoms with van der Waals surface area (Å²) in [6, 6.07) is 7.81. The highest BCUT2D eigenvalue weighted by Crippen LogP contribution is 2.23. The van der Waals surface area contributed by atoms with Crippen molar-refractivity contribution >= 4 is 0 Å². The molecule has 1 rings (SSSR count). The quantitative estimate of drug-likeness (QED) is 0.0461. The van der Waals surface area contributed by atoms with Gasteiger partial charge in [-0.25, -0.2) is 0 Å². The molecule has 55 heavy (non-hydrogen) atoms. The minimum absolute atomic E-state index is 1.10. The lowest BCUT2D eigenvalue weighted by atomic mass is 10.0. The third-order valence-electron chi connectivity index (χ3n) is 12.5. The number of benzene rings is 1. The third-order valence-corrected chi connectivity index (χ3v) is 12.5. The van der Waals surface area contributed by atoms with Gasteiger partial charge in [-0.3, -0.25) is 0 Å². The molecule has 0 aliphatic heterocycles. The molecule has 0 radical (unpaired) electrons. The van der Waals surface area contributed by atoms with Gasteiger partial charge in [0.1, 0.15) is 19.6 Å². The average molecular weight is 771 g/mol. The summed E-state index contributed by atoms with van der Waals surface area (Å²) in [5, 5.41) is 0. The van der Waals surface area contributed by atoms with Crippen LogP contribution >= 0.6 is 0 Å². The highest BCUT2D eigenvalue weighted by atomic mass is 15.3. The zero-order valence-electron chi connectivity index (χ0n) is 39.7. The monoisotopic (exact) mass is 771 g/mol. The standard InChI is InChI=1S/C52H104N3/c1-10-13-16-19-22-25-28-31-34-37-40-43-55(8,9)49-52-45-50(47-53(4,5)41-38-35-32-29-26-23-20-17-14-11-2)44-51(46-52)48-54(6,7)42-39-36-33-30-27-24-21-18-15-12-3/h44-46H,10-43,47-49H2,1-9H3/q+3. The molecule has 0 bridgehead atoms. The second kappa shape index (κ2) is 33.0. The van der Waals surface area contributed by atoms with Crippen LogP contribution in [0.5, 0.6) is 0 Å². The maximum absolute atomic E-state index is 2.60. The largest absolute Gasteiger partial charge is 0.325 e. The van der Waals surface area contributed by atoms with Crippen molar-refractivity contribution in [2.75, 3.05) is 61.9 Å². The second-order valence-corrected chi connectivity index (χ2v) is 20.5. The van der Waals surface area contributed by atoms with Crippen molar-refractivity contribution in [1.82, 2.24) is 0 Å². The smallest absolute Gasteiger partial charge is 0.104 e. The van der Waals surface area contributed by atoms with Gasteiger partial charge in [-0.05, 0) is 56.7 Å². The van der Waals surface area contributed by atoms with Crippen LogP contribution in [-0.2, 0) is 19.6 Å². The van der Waals surface area contributed by atoms with Crippen LogP contribution in [0.4, 0.5) is 0 Å². The van der Waals surface area contributed by atoms with Gasteiger partial charge in [0.05, 0.1) is 61.9 Å². The number of unbranched alkanes of at least 4 members (excludes halogenated alkanes) is 28. The van der Waals surface area contributed by atoms with E-state index >= 15 is 0 Å². The number of quaternary nitrogens is 3. The van der Waals surface area contributed by atoms with E-state index in [1.807, 2.05) is 0 Å². The van der Waals surface area contributed by atoms with Crippen LogP contribution in [0.15, 0.2) is 18.2 Å². The second-order valence-electron chi connectivity index (χ2n) is 20.5. The molecular formula is C52H104N3+3. The molecule has 0 saturated heterocycles. The first kappa shape index (κ1) is 52.1. The summed E-state index contributed by atoms with van der Waals surface area (Å²) in [6.07, 6.45) is 44.0. The zero-order chi connectivity index (χ0) is 40.5. The Balaban J connectivity index is 2.74. The van der Waals surface area contributed by atoms with Gasteiger partial charge >= 0.3 is 0 Å². The Morgan fingerprint density at radius 2 is 0.418 bits per heavy atom. The van der Waals surface area contributed by atoms with Crippen LogP contribution in [0.1, 0.15) is 237 Å². The summed E-state index contributed by atoms with van der Waals surface area (Å²) < 4.78 is 3.32. The van der Waals surface area contributed by atoms with E-state index in [0.717, 1.165) is 33.1 Å². The lowest BCUT2D eigenvalue weighted by Gasteiger charge is -2.33. The molecule has 1 aromatic rings. The predicted molar refractivity (Wildman–Crippen MR) is 249 cm³/mol. The van der Waals surface area contributed by atoms with Crippen molar-refractivity contribution in [2.24, 2.45) is 0 Å². The van der Waals surface area contributed by atoms with E-state index in [2.05, 4.69) is 81.3 Å². The Kier molecular flexibility index (Phi) is 31.3. The molecule has 0 amide bonds. The topological polar surface area (TPSA) is 0 Å². The molecular weight excluding hydrogens is 667 g/mol. The van der Waals surface area contributed by atoms with E-state index in [1.165, 1.54) is 219 Å². The van der Waals surface area contributed by atoms with Crippen molar-refractivity contribution in [3.63, 3.8) is 0 Å². The van der Waals surface area contributed by atoms with Crippen molar-refractivity contribution in [3.8, 4) is 0 Å². The fourth-order valence-electron chi connectivity index (χ4n) is 9.09. The Morgan fingerprint density at radius 3 is 0.600 bits per heavy atom. The first-order chi connectivity index (χ1) is 26.4. The van der Waals surface area contributed by atoms with Crippen LogP contribution in [0, 0.1) is 0 Å². The fourth-order valence-corrected chi connectivity index (χ4v) is 9.09. The van der Waals surface area contributed by atoms with Crippen molar-refractivity contribution in [2.45, 2.75) is 239 Å². The molecule has 0 unspecified atom stereocenters. The average Bonchev–Trinajstić information content (AvgIpc) is 3.11. The van der Waals surface area contributed by atoms with Gasteiger partial charge < -0.3 is 13.4 Å². The van der Waals surface area contributed by atoms with Gasteiger partial charge in [0.15, 0.2) is 0 Å². The Bertz CT molecular complexity index is 938. The number of hydrogen-bond donors (Lipinski definition) is 0. The SMILES string of the molecule is CCCCCCCCCCCCC[N+](C)(C)Cc1cc(C[N+](C)(C)CCCCCCCCCCCC)cc(C[N+](C)(C)CCCCCCCCCCCC)c1. The van der Waals surface area contributed by atoms with Gasteiger partial charge in [-0.15, -0.1) is 0 Å². The van der Waals surface area contributed by atoms with Crippen LogP contribution in [0.2, 0.25) is 0 Å². The predicted octanol–water partition coefficient (Wildman–Crippen LogP) is 15.6. The van der Waals surface area contributed by atoms with E-state index in [4.69, 9.17) is 0 Å². The Labute approximate surface area is 348 Å². The minimum Gasteiger partial charge on any atom is -0.325 e. The molecule has 0 aliphatic rings. The molecule has 0 N–H and O–H groups in total. The fraction of sp³-hybridized carbons (Fsp3) is 0.885. The number of hydrogen-bond acceptors (Lipinski definition) is 0. The van der Waals surface area contributed by atoms with E-state index in [9.17, 15) is 0 Å². The molecule has 3 heteroatoms. The first-order valence-electron chi connectivity index (χ1n) is 25.0.